The van der Waals surface area contributed by atoms with Crippen molar-refractivity contribution in [3.63, 3.8) is 0 Å². The zero-order chi connectivity index (χ0) is 20.4. The van der Waals surface area contributed by atoms with Crippen LogP contribution in [0.15, 0.2) is 54.7 Å². The van der Waals surface area contributed by atoms with Gasteiger partial charge in [-0.15, -0.1) is 0 Å². The number of benzene rings is 2. The van der Waals surface area contributed by atoms with E-state index in [9.17, 15) is 4.39 Å². The van der Waals surface area contributed by atoms with Crippen molar-refractivity contribution in [1.82, 2.24) is 19.6 Å². The molecule has 0 radical (unpaired) electrons. The Morgan fingerprint density at radius 3 is 2.62 bits per heavy atom. The van der Waals surface area contributed by atoms with Gasteiger partial charge in [-0.05, 0) is 38.2 Å². The predicted molar refractivity (Wildman–Crippen MR) is 113 cm³/mol. The van der Waals surface area contributed by atoms with Crippen LogP contribution in [-0.2, 0) is 6.54 Å². The lowest BCUT2D eigenvalue weighted by atomic mass is 10.1. The summed E-state index contributed by atoms with van der Waals surface area (Å²) in [7, 11) is 3.70. The predicted octanol–water partition coefficient (Wildman–Crippen LogP) is 3.82. The van der Waals surface area contributed by atoms with E-state index in [1.54, 1.807) is 19.2 Å². The highest BCUT2D eigenvalue weighted by atomic mass is 19.1. The SMILES string of the molecule is COc1ccc(-c2nn(-c3ccccc3)cc2CN2CCN(C)[C@H](C)C2)c(F)c1. The van der Waals surface area contributed by atoms with Gasteiger partial charge in [-0.1, -0.05) is 18.2 Å². The van der Waals surface area contributed by atoms with E-state index < -0.39 is 0 Å². The first kappa shape index (κ1) is 19.6. The number of methoxy groups -OCH3 is 1. The van der Waals surface area contributed by atoms with E-state index in [4.69, 9.17) is 9.84 Å². The summed E-state index contributed by atoms with van der Waals surface area (Å²) in [4.78, 5) is 4.79. The van der Waals surface area contributed by atoms with Gasteiger partial charge in [0.15, 0.2) is 0 Å². The molecule has 2 aromatic carbocycles. The summed E-state index contributed by atoms with van der Waals surface area (Å²) in [5.41, 5.74) is 3.16. The van der Waals surface area contributed by atoms with Crippen LogP contribution in [-0.4, -0.2) is 59.4 Å². The quantitative estimate of drug-likeness (QED) is 0.659. The van der Waals surface area contributed by atoms with E-state index in [-0.39, 0.29) is 5.82 Å². The molecule has 0 spiro atoms. The summed E-state index contributed by atoms with van der Waals surface area (Å²) in [6, 6.07) is 15.4. The Labute approximate surface area is 171 Å². The number of hydrogen-bond donors (Lipinski definition) is 0. The normalized spacial score (nSPS) is 18.1. The molecule has 0 N–H and O–H groups in total. The molecule has 3 aromatic rings. The van der Waals surface area contributed by atoms with E-state index in [1.807, 2.05) is 41.2 Å². The lowest BCUT2D eigenvalue weighted by Gasteiger charge is -2.37. The molecule has 1 saturated heterocycles. The fourth-order valence-electron chi connectivity index (χ4n) is 3.79. The molecule has 1 aliphatic heterocycles. The molecule has 1 aromatic heterocycles. The zero-order valence-corrected chi connectivity index (χ0v) is 17.2. The van der Waals surface area contributed by atoms with Crippen LogP contribution in [0, 0.1) is 5.82 Å². The number of rotatable bonds is 5. The lowest BCUT2D eigenvalue weighted by Crippen LogP contribution is -2.49. The first-order valence-electron chi connectivity index (χ1n) is 9.95. The Bertz CT molecular complexity index is 972. The summed E-state index contributed by atoms with van der Waals surface area (Å²) in [5, 5.41) is 4.77. The molecule has 2 heterocycles. The van der Waals surface area contributed by atoms with Gasteiger partial charge in [-0.3, -0.25) is 4.90 Å². The molecule has 1 aliphatic rings. The fraction of sp³-hybridized carbons (Fsp3) is 0.348. The fourth-order valence-corrected chi connectivity index (χ4v) is 3.79. The Morgan fingerprint density at radius 1 is 1.14 bits per heavy atom. The van der Waals surface area contributed by atoms with Crippen LogP contribution in [0.5, 0.6) is 5.75 Å². The van der Waals surface area contributed by atoms with Gasteiger partial charge < -0.3 is 9.64 Å². The Hall–Kier alpha value is -2.70. The number of hydrogen-bond acceptors (Lipinski definition) is 4. The Kier molecular flexibility index (Phi) is 5.65. The van der Waals surface area contributed by atoms with E-state index in [2.05, 4.69) is 23.8 Å². The number of para-hydroxylation sites is 1. The average molecular weight is 394 g/mol. The summed E-state index contributed by atoms with van der Waals surface area (Å²) < 4.78 is 21.9. The van der Waals surface area contributed by atoms with Crippen LogP contribution < -0.4 is 4.74 Å². The van der Waals surface area contributed by atoms with Crippen molar-refractivity contribution in [2.75, 3.05) is 33.8 Å². The second-order valence-corrected chi connectivity index (χ2v) is 7.69. The second-order valence-electron chi connectivity index (χ2n) is 7.69. The van der Waals surface area contributed by atoms with Gasteiger partial charge in [0.05, 0.1) is 12.8 Å². The van der Waals surface area contributed by atoms with Crippen molar-refractivity contribution in [3.8, 4) is 22.7 Å². The average Bonchev–Trinajstić information content (AvgIpc) is 3.14. The third-order valence-electron chi connectivity index (χ3n) is 5.68. The number of aromatic nitrogens is 2. The minimum Gasteiger partial charge on any atom is -0.497 e. The van der Waals surface area contributed by atoms with Crippen LogP contribution in [0.25, 0.3) is 16.9 Å². The summed E-state index contributed by atoms with van der Waals surface area (Å²) >= 11 is 0. The van der Waals surface area contributed by atoms with Crippen LogP contribution in [0.3, 0.4) is 0 Å². The molecule has 152 valence electrons. The maximum atomic E-state index is 14.9. The van der Waals surface area contributed by atoms with Gasteiger partial charge in [0.2, 0.25) is 0 Å². The van der Waals surface area contributed by atoms with Gasteiger partial charge in [0.25, 0.3) is 0 Å². The molecule has 0 amide bonds. The smallest absolute Gasteiger partial charge is 0.136 e. The van der Waals surface area contributed by atoms with Crippen molar-refractivity contribution >= 4 is 0 Å². The van der Waals surface area contributed by atoms with Crippen molar-refractivity contribution in [1.29, 1.82) is 0 Å². The largest absolute Gasteiger partial charge is 0.497 e. The van der Waals surface area contributed by atoms with Crippen LogP contribution >= 0.6 is 0 Å². The molecular weight excluding hydrogens is 367 g/mol. The zero-order valence-electron chi connectivity index (χ0n) is 17.2. The highest BCUT2D eigenvalue weighted by Crippen LogP contribution is 2.30. The number of likely N-dealkylation sites (N-methyl/N-ethyl adjacent to an activating group) is 1. The standard InChI is InChI=1S/C23H27FN4O/c1-17-14-27(12-11-26(17)2)15-18-16-28(19-7-5-4-6-8-19)25-23(18)21-10-9-20(29-3)13-22(21)24/h4-10,13,16-17H,11-12,14-15H2,1-3H3/t17-/m1/s1. The van der Waals surface area contributed by atoms with Crippen LogP contribution in [0.2, 0.25) is 0 Å². The minimum absolute atomic E-state index is 0.323. The Balaban J connectivity index is 1.71. The van der Waals surface area contributed by atoms with Gasteiger partial charge in [0, 0.05) is 55.6 Å². The van der Waals surface area contributed by atoms with Crippen molar-refractivity contribution < 1.29 is 9.13 Å². The molecule has 4 rings (SSSR count). The molecule has 0 unspecified atom stereocenters. The summed E-state index contributed by atoms with van der Waals surface area (Å²) in [5.74, 6) is 0.179. The molecule has 5 nitrogen and oxygen atoms in total. The number of ether oxygens (including phenoxy) is 1. The molecule has 1 fully saturated rings. The van der Waals surface area contributed by atoms with Gasteiger partial charge >= 0.3 is 0 Å². The molecule has 29 heavy (non-hydrogen) atoms. The monoisotopic (exact) mass is 394 g/mol. The number of nitrogens with zero attached hydrogens (tertiary/aromatic N) is 4. The topological polar surface area (TPSA) is 33.5 Å². The summed E-state index contributed by atoms with van der Waals surface area (Å²) in [6.07, 6.45) is 2.03. The third-order valence-corrected chi connectivity index (χ3v) is 5.68. The number of halogens is 1. The first-order valence-corrected chi connectivity index (χ1v) is 9.95. The van der Waals surface area contributed by atoms with Crippen molar-refractivity contribution in [2.24, 2.45) is 0 Å². The van der Waals surface area contributed by atoms with Gasteiger partial charge in [-0.2, -0.15) is 5.10 Å². The van der Waals surface area contributed by atoms with E-state index in [0.717, 1.165) is 37.4 Å². The minimum atomic E-state index is -0.323. The number of piperazine rings is 1. The maximum absolute atomic E-state index is 14.9. The van der Waals surface area contributed by atoms with E-state index in [0.29, 0.717) is 23.0 Å². The lowest BCUT2D eigenvalue weighted by molar-refractivity contribution is 0.100. The first-order chi connectivity index (χ1) is 14.0. The molecule has 6 heteroatoms. The Morgan fingerprint density at radius 2 is 1.93 bits per heavy atom. The molecule has 0 saturated carbocycles. The van der Waals surface area contributed by atoms with Crippen LogP contribution in [0.4, 0.5) is 4.39 Å². The highest BCUT2D eigenvalue weighted by molar-refractivity contribution is 5.65. The van der Waals surface area contributed by atoms with Crippen molar-refractivity contribution in [3.05, 3.63) is 66.1 Å². The highest BCUT2D eigenvalue weighted by Gasteiger charge is 2.23. The van der Waals surface area contributed by atoms with Crippen molar-refractivity contribution in [2.45, 2.75) is 19.5 Å². The van der Waals surface area contributed by atoms with Gasteiger partial charge in [-0.25, -0.2) is 9.07 Å². The van der Waals surface area contributed by atoms with Crippen LogP contribution in [0.1, 0.15) is 12.5 Å². The molecular formula is C23H27FN4O. The molecule has 1 atom stereocenters. The molecule has 0 aliphatic carbocycles. The van der Waals surface area contributed by atoms with Gasteiger partial charge in [0.1, 0.15) is 17.3 Å². The maximum Gasteiger partial charge on any atom is 0.136 e. The molecule has 0 bridgehead atoms. The van der Waals surface area contributed by atoms with E-state index in [1.165, 1.54) is 6.07 Å². The second kappa shape index (κ2) is 8.35. The van der Waals surface area contributed by atoms with E-state index >= 15 is 0 Å². The summed E-state index contributed by atoms with van der Waals surface area (Å²) in [6.45, 7) is 5.98. The third kappa shape index (κ3) is 4.18.